The molecule has 0 aliphatic carbocycles. The summed E-state index contributed by atoms with van der Waals surface area (Å²) in [5, 5.41) is 4.30. The van der Waals surface area contributed by atoms with Gasteiger partial charge in [-0.3, -0.25) is 0 Å². The van der Waals surface area contributed by atoms with E-state index in [1.54, 1.807) is 6.07 Å². The van der Waals surface area contributed by atoms with Gasteiger partial charge in [-0.15, -0.1) is 13.2 Å². The van der Waals surface area contributed by atoms with Crippen LogP contribution in [-0.4, -0.2) is 21.1 Å². The minimum Gasteiger partial charge on any atom is -0.406 e. The van der Waals surface area contributed by atoms with Crippen LogP contribution in [-0.2, 0) is 0 Å². The zero-order valence-corrected chi connectivity index (χ0v) is 12.5. The molecule has 0 spiro atoms. The molecule has 4 nitrogen and oxygen atoms in total. The van der Waals surface area contributed by atoms with E-state index in [2.05, 4.69) is 14.8 Å². The molecule has 2 aromatic heterocycles. The third-order valence-corrected chi connectivity index (χ3v) is 3.20. The molecule has 0 aliphatic rings. The normalized spacial score (nSPS) is 11.5. The molecule has 9 heteroatoms. The Labute approximate surface area is 138 Å². The number of halogens is 5. The molecule has 0 fully saturated rings. The Hall–Kier alpha value is -2.61. The summed E-state index contributed by atoms with van der Waals surface area (Å²) < 4.78 is 55.9. The number of aromatic nitrogens is 3. The summed E-state index contributed by atoms with van der Waals surface area (Å²) >= 11 is 5.83. The van der Waals surface area contributed by atoms with Crippen molar-refractivity contribution < 1.29 is 22.3 Å². The molecule has 0 amide bonds. The number of alkyl halides is 3. The van der Waals surface area contributed by atoms with Crippen LogP contribution in [0.2, 0.25) is 5.15 Å². The van der Waals surface area contributed by atoms with Crippen LogP contribution in [0.15, 0.2) is 48.8 Å². The van der Waals surface area contributed by atoms with Gasteiger partial charge in [0.05, 0.1) is 17.6 Å². The van der Waals surface area contributed by atoms with E-state index in [-0.39, 0.29) is 10.7 Å². The van der Waals surface area contributed by atoms with Crippen LogP contribution < -0.4 is 4.74 Å². The number of rotatable bonds is 3. The van der Waals surface area contributed by atoms with Gasteiger partial charge in [-0.25, -0.2) is 14.1 Å². The topological polar surface area (TPSA) is 39.9 Å². The summed E-state index contributed by atoms with van der Waals surface area (Å²) in [5.41, 5.74) is 1.06. The summed E-state index contributed by atoms with van der Waals surface area (Å²) in [6.45, 7) is 0. The molecule has 24 heavy (non-hydrogen) atoms. The van der Waals surface area contributed by atoms with Crippen LogP contribution in [0.1, 0.15) is 0 Å². The Morgan fingerprint density at radius 2 is 1.83 bits per heavy atom. The second-order valence-corrected chi connectivity index (χ2v) is 5.08. The van der Waals surface area contributed by atoms with Crippen LogP contribution in [0.4, 0.5) is 17.6 Å². The van der Waals surface area contributed by atoms with Crippen LogP contribution in [0, 0.1) is 5.82 Å². The Morgan fingerprint density at radius 1 is 1.04 bits per heavy atom. The van der Waals surface area contributed by atoms with E-state index in [0.717, 1.165) is 12.1 Å². The second-order valence-electron chi connectivity index (χ2n) is 4.69. The molecular formula is C15H8ClF4N3O. The van der Waals surface area contributed by atoms with Gasteiger partial charge in [0.15, 0.2) is 0 Å². The molecule has 3 aromatic rings. The lowest BCUT2D eigenvalue weighted by Gasteiger charge is -2.12. The van der Waals surface area contributed by atoms with Crippen LogP contribution >= 0.6 is 11.6 Å². The predicted molar refractivity (Wildman–Crippen MR) is 78.4 cm³/mol. The van der Waals surface area contributed by atoms with Crippen LogP contribution in [0.3, 0.4) is 0 Å². The number of benzene rings is 1. The molecule has 124 valence electrons. The highest BCUT2D eigenvalue weighted by Crippen LogP contribution is 2.30. The van der Waals surface area contributed by atoms with Gasteiger partial charge in [0.2, 0.25) is 0 Å². The lowest BCUT2D eigenvalue weighted by molar-refractivity contribution is -0.274. The molecular weight excluding hydrogens is 350 g/mol. The van der Waals surface area contributed by atoms with Crippen molar-refractivity contribution in [2.45, 2.75) is 6.36 Å². The highest BCUT2D eigenvalue weighted by atomic mass is 35.5. The summed E-state index contributed by atoms with van der Waals surface area (Å²) in [7, 11) is 0. The van der Waals surface area contributed by atoms with Crippen molar-refractivity contribution in [1.82, 2.24) is 14.8 Å². The van der Waals surface area contributed by atoms with Gasteiger partial charge in [-0.05, 0) is 24.3 Å². The minimum atomic E-state index is -4.91. The summed E-state index contributed by atoms with van der Waals surface area (Å²) in [4.78, 5) is 3.84. The monoisotopic (exact) mass is 357 g/mol. The molecule has 0 saturated carbocycles. The maximum absolute atomic E-state index is 13.7. The van der Waals surface area contributed by atoms with E-state index in [1.807, 2.05) is 0 Å². The van der Waals surface area contributed by atoms with Gasteiger partial charge in [0.25, 0.3) is 0 Å². The van der Waals surface area contributed by atoms with Crippen molar-refractivity contribution in [3.63, 3.8) is 0 Å². The van der Waals surface area contributed by atoms with E-state index in [4.69, 9.17) is 11.6 Å². The molecule has 0 radical (unpaired) electrons. The maximum Gasteiger partial charge on any atom is 0.573 e. The fraction of sp³-hybridized carbons (Fsp3) is 0.0667. The molecule has 2 heterocycles. The van der Waals surface area contributed by atoms with Gasteiger partial charge in [-0.2, -0.15) is 5.10 Å². The summed E-state index contributed by atoms with van der Waals surface area (Å²) in [5.74, 6) is -1.52. The first-order valence-corrected chi connectivity index (χ1v) is 6.92. The smallest absolute Gasteiger partial charge is 0.406 e. The molecule has 0 N–H and O–H groups in total. The second kappa shape index (κ2) is 6.12. The predicted octanol–water partition coefficient (Wildman–Crippen LogP) is 4.63. The first-order valence-electron chi connectivity index (χ1n) is 6.54. The van der Waals surface area contributed by atoms with Crippen molar-refractivity contribution in [2.24, 2.45) is 0 Å². The first-order chi connectivity index (χ1) is 11.3. The van der Waals surface area contributed by atoms with E-state index in [9.17, 15) is 17.6 Å². The fourth-order valence-corrected chi connectivity index (χ4v) is 2.32. The van der Waals surface area contributed by atoms with Gasteiger partial charge >= 0.3 is 6.36 Å². The average molecular weight is 358 g/mol. The van der Waals surface area contributed by atoms with Crippen LogP contribution in [0.5, 0.6) is 5.75 Å². The standard InChI is InChI=1S/C15H8ClF4N3O/c16-14-8-11(1-3-21-14)23-13(2-4-22-23)9-5-10(17)7-12(6-9)24-15(18,19)20/h1-8H. The van der Waals surface area contributed by atoms with E-state index >= 15 is 0 Å². The Balaban J connectivity index is 2.06. The number of ether oxygens (including phenoxy) is 1. The Kier molecular flexibility index (Phi) is 4.15. The third-order valence-electron chi connectivity index (χ3n) is 3.00. The van der Waals surface area contributed by atoms with Gasteiger partial charge < -0.3 is 4.74 Å². The quantitative estimate of drug-likeness (QED) is 0.507. The SMILES string of the molecule is Fc1cc(OC(F)(F)F)cc(-c2ccnn2-c2ccnc(Cl)c2)c1. The Bertz CT molecular complexity index is 879. The van der Waals surface area contributed by atoms with Crippen molar-refractivity contribution in [3.8, 4) is 22.7 Å². The maximum atomic E-state index is 13.7. The molecule has 0 unspecified atom stereocenters. The van der Waals surface area contributed by atoms with Gasteiger partial charge in [0.1, 0.15) is 16.7 Å². The van der Waals surface area contributed by atoms with Crippen LogP contribution in [0.25, 0.3) is 16.9 Å². The Morgan fingerprint density at radius 3 is 2.54 bits per heavy atom. The van der Waals surface area contributed by atoms with Gasteiger partial charge in [-0.1, -0.05) is 11.6 Å². The molecule has 0 bridgehead atoms. The molecule has 0 atom stereocenters. The highest BCUT2D eigenvalue weighted by Gasteiger charge is 2.31. The van der Waals surface area contributed by atoms with Gasteiger partial charge in [0, 0.05) is 23.9 Å². The number of pyridine rings is 1. The van der Waals surface area contributed by atoms with E-state index in [1.165, 1.54) is 29.2 Å². The minimum absolute atomic E-state index is 0.166. The summed E-state index contributed by atoms with van der Waals surface area (Å²) in [6, 6.07) is 7.47. The molecule has 3 rings (SSSR count). The van der Waals surface area contributed by atoms with Crippen molar-refractivity contribution in [2.75, 3.05) is 0 Å². The summed E-state index contributed by atoms with van der Waals surface area (Å²) in [6.07, 6.45) is -2.03. The van der Waals surface area contributed by atoms with Crippen molar-refractivity contribution in [3.05, 3.63) is 59.8 Å². The number of hydrogen-bond donors (Lipinski definition) is 0. The average Bonchev–Trinajstić information content (AvgIpc) is 2.94. The van der Waals surface area contributed by atoms with Crippen molar-refractivity contribution >= 4 is 11.6 Å². The fourth-order valence-electron chi connectivity index (χ4n) is 2.15. The lowest BCUT2D eigenvalue weighted by atomic mass is 10.1. The van der Waals surface area contributed by atoms with E-state index < -0.39 is 17.9 Å². The zero-order chi connectivity index (χ0) is 17.3. The third kappa shape index (κ3) is 3.65. The molecule has 1 aromatic carbocycles. The van der Waals surface area contributed by atoms with Crippen molar-refractivity contribution in [1.29, 1.82) is 0 Å². The number of hydrogen-bond acceptors (Lipinski definition) is 3. The largest absolute Gasteiger partial charge is 0.573 e. The van der Waals surface area contributed by atoms with E-state index in [0.29, 0.717) is 17.4 Å². The molecule has 0 aliphatic heterocycles. The number of nitrogens with zero attached hydrogens (tertiary/aromatic N) is 3. The zero-order valence-electron chi connectivity index (χ0n) is 11.8. The highest BCUT2D eigenvalue weighted by molar-refractivity contribution is 6.29. The molecule has 0 saturated heterocycles. The lowest BCUT2D eigenvalue weighted by Crippen LogP contribution is -2.17. The first kappa shape index (κ1) is 16.3.